The Morgan fingerprint density at radius 2 is 2.11 bits per heavy atom. The highest BCUT2D eigenvalue weighted by Crippen LogP contribution is 2.25. The van der Waals surface area contributed by atoms with Gasteiger partial charge in [-0.25, -0.2) is 0 Å². The van der Waals surface area contributed by atoms with Gasteiger partial charge in [0.2, 0.25) is 0 Å². The minimum absolute atomic E-state index is 0.0729. The van der Waals surface area contributed by atoms with Gasteiger partial charge in [-0.1, -0.05) is 6.92 Å². The van der Waals surface area contributed by atoms with Crippen molar-refractivity contribution in [3.63, 3.8) is 0 Å². The van der Waals surface area contributed by atoms with Crippen molar-refractivity contribution in [2.75, 3.05) is 44.0 Å². The third-order valence-corrected chi connectivity index (χ3v) is 2.51. The quantitative estimate of drug-likeness (QED) is 0.446. The van der Waals surface area contributed by atoms with Gasteiger partial charge in [0.15, 0.2) is 0 Å². The molecule has 0 spiro atoms. The molecule has 1 aromatic carbocycles. The Balaban J connectivity index is 2.33. The van der Waals surface area contributed by atoms with Gasteiger partial charge in [-0.3, -0.25) is 0 Å². The molecular weight excluding hydrogens is 244 g/mol. The summed E-state index contributed by atoms with van der Waals surface area (Å²) < 4.78 is 10.8. The monoisotopic (exact) mass is 268 g/mol. The standard InChI is InChI=1S/C14H24N2O3/c1-2-8-19-14-11-12(4-5-13(14)15)16-6-3-9-18-10-7-17/h4-5,11,16-17H,2-3,6-10,15H2,1H3. The summed E-state index contributed by atoms with van der Waals surface area (Å²) in [5.41, 5.74) is 7.49. The number of nitrogens with two attached hydrogens (primary N) is 1. The topological polar surface area (TPSA) is 76.7 Å². The highest BCUT2D eigenvalue weighted by atomic mass is 16.5. The number of rotatable bonds is 10. The van der Waals surface area contributed by atoms with Crippen molar-refractivity contribution in [3.05, 3.63) is 18.2 Å². The first kappa shape index (κ1) is 15.6. The molecule has 0 fully saturated rings. The fourth-order valence-corrected chi connectivity index (χ4v) is 1.55. The van der Waals surface area contributed by atoms with E-state index in [2.05, 4.69) is 12.2 Å². The van der Waals surface area contributed by atoms with Crippen LogP contribution in [0, 0.1) is 0 Å². The normalized spacial score (nSPS) is 10.4. The summed E-state index contributed by atoms with van der Waals surface area (Å²) in [6, 6.07) is 5.69. The maximum atomic E-state index is 8.56. The molecule has 1 aromatic rings. The Morgan fingerprint density at radius 1 is 1.26 bits per heavy atom. The first-order valence-corrected chi connectivity index (χ1v) is 6.72. The lowest BCUT2D eigenvalue weighted by Crippen LogP contribution is -2.08. The van der Waals surface area contributed by atoms with Gasteiger partial charge in [0.25, 0.3) is 0 Å². The van der Waals surface area contributed by atoms with E-state index in [1.165, 1.54) is 0 Å². The Hall–Kier alpha value is -1.46. The molecule has 0 radical (unpaired) electrons. The van der Waals surface area contributed by atoms with Crippen LogP contribution in [0.3, 0.4) is 0 Å². The molecule has 108 valence electrons. The Kier molecular flexibility index (Phi) is 7.77. The van der Waals surface area contributed by atoms with Crippen LogP contribution in [-0.2, 0) is 4.74 Å². The van der Waals surface area contributed by atoms with Crippen LogP contribution in [0.1, 0.15) is 19.8 Å². The first-order chi connectivity index (χ1) is 9.27. The highest BCUT2D eigenvalue weighted by molar-refractivity contribution is 5.61. The molecule has 0 aliphatic carbocycles. The van der Waals surface area contributed by atoms with Crippen LogP contribution < -0.4 is 15.8 Å². The molecule has 0 saturated carbocycles. The average molecular weight is 268 g/mol. The molecule has 0 atom stereocenters. The SMILES string of the molecule is CCCOc1cc(NCCCOCCO)ccc1N. The van der Waals surface area contributed by atoms with Crippen LogP contribution in [0.4, 0.5) is 11.4 Å². The second-order valence-electron chi connectivity index (χ2n) is 4.22. The molecule has 4 N–H and O–H groups in total. The molecule has 5 heteroatoms. The zero-order chi connectivity index (χ0) is 13.9. The van der Waals surface area contributed by atoms with Gasteiger partial charge in [0.1, 0.15) is 5.75 Å². The van der Waals surface area contributed by atoms with Gasteiger partial charge in [-0.05, 0) is 25.0 Å². The molecule has 19 heavy (non-hydrogen) atoms. The molecule has 0 unspecified atom stereocenters. The van der Waals surface area contributed by atoms with Crippen molar-refractivity contribution in [1.29, 1.82) is 0 Å². The van der Waals surface area contributed by atoms with Crippen LogP contribution in [0.25, 0.3) is 0 Å². The van der Waals surface area contributed by atoms with E-state index in [9.17, 15) is 0 Å². The Bertz CT molecular complexity index is 359. The number of aliphatic hydroxyl groups excluding tert-OH is 1. The predicted molar refractivity (Wildman–Crippen MR) is 77.7 cm³/mol. The van der Waals surface area contributed by atoms with Crippen molar-refractivity contribution in [2.24, 2.45) is 0 Å². The smallest absolute Gasteiger partial charge is 0.144 e. The molecule has 0 bridgehead atoms. The van der Waals surface area contributed by atoms with E-state index in [1.54, 1.807) is 0 Å². The van der Waals surface area contributed by atoms with Crippen molar-refractivity contribution < 1.29 is 14.6 Å². The zero-order valence-electron chi connectivity index (χ0n) is 11.5. The van der Waals surface area contributed by atoms with Crippen LogP contribution in [-0.4, -0.2) is 38.1 Å². The lowest BCUT2D eigenvalue weighted by atomic mass is 10.2. The van der Waals surface area contributed by atoms with Crippen molar-refractivity contribution >= 4 is 11.4 Å². The summed E-state index contributed by atoms with van der Waals surface area (Å²) in [6.45, 7) is 4.65. The largest absolute Gasteiger partial charge is 0.491 e. The van der Waals surface area contributed by atoms with Gasteiger partial charge in [0.05, 0.1) is 25.5 Å². The molecular formula is C14H24N2O3. The van der Waals surface area contributed by atoms with Crippen LogP contribution in [0.15, 0.2) is 18.2 Å². The van der Waals surface area contributed by atoms with E-state index in [1.807, 2.05) is 18.2 Å². The van der Waals surface area contributed by atoms with Crippen molar-refractivity contribution in [2.45, 2.75) is 19.8 Å². The molecule has 5 nitrogen and oxygen atoms in total. The van der Waals surface area contributed by atoms with E-state index >= 15 is 0 Å². The number of hydrogen-bond acceptors (Lipinski definition) is 5. The van der Waals surface area contributed by atoms with Crippen LogP contribution >= 0.6 is 0 Å². The van der Waals surface area contributed by atoms with Crippen molar-refractivity contribution in [1.82, 2.24) is 0 Å². The summed E-state index contributed by atoms with van der Waals surface area (Å²) >= 11 is 0. The third-order valence-electron chi connectivity index (χ3n) is 2.51. The summed E-state index contributed by atoms with van der Waals surface area (Å²) in [5, 5.41) is 11.8. The Labute approximate surface area is 114 Å². The summed E-state index contributed by atoms with van der Waals surface area (Å²) in [7, 11) is 0. The molecule has 0 heterocycles. The number of benzene rings is 1. The molecule has 0 aliphatic rings. The molecule has 0 aliphatic heterocycles. The number of nitrogens with one attached hydrogen (secondary N) is 1. The summed E-state index contributed by atoms with van der Waals surface area (Å²) in [5.74, 6) is 0.725. The maximum absolute atomic E-state index is 8.56. The van der Waals surface area contributed by atoms with Crippen molar-refractivity contribution in [3.8, 4) is 5.75 Å². The number of aliphatic hydroxyl groups is 1. The summed E-state index contributed by atoms with van der Waals surface area (Å²) in [6.07, 6.45) is 1.84. The Morgan fingerprint density at radius 3 is 2.84 bits per heavy atom. The van der Waals surface area contributed by atoms with Gasteiger partial charge >= 0.3 is 0 Å². The summed E-state index contributed by atoms with van der Waals surface area (Å²) in [4.78, 5) is 0. The maximum Gasteiger partial charge on any atom is 0.144 e. The van der Waals surface area contributed by atoms with E-state index in [4.69, 9.17) is 20.3 Å². The third kappa shape index (κ3) is 6.31. The number of ether oxygens (including phenoxy) is 2. The molecule has 1 rings (SSSR count). The average Bonchev–Trinajstić information content (AvgIpc) is 2.43. The van der Waals surface area contributed by atoms with Gasteiger partial charge in [-0.15, -0.1) is 0 Å². The van der Waals surface area contributed by atoms with Crippen LogP contribution in [0.2, 0.25) is 0 Å². The molecule has 0 amide bonds. The fourth-order valence-electron chi connectivity index (χ4n) is 1.55. The number of hydrogen-bond donors (Lipinski definition) is 3. The first-order valence-electron chi connectivity index (χ1n) is 6.72. The lowest BCUT2D eigenvalue weighted by molar-refractivity contribution is 0.0922. The minimum atomic E-state index is 0.0729. The van der Waals surface area contributed by atoms with E-state index in [0.717, 1.165) is 30.8 Å². The van der Waals surface area contributed by atoms with Gasteiger partial charge < -0.3 is 25.6 Å². The molecule has 0 saturated heterocycles. The second-order valence-corrected chi connectivity index (χ2v) is 4.22. The van der Waals surface area contributed by atoms with E-state index in [-0.39, 0.29) is 6.61 Å². The van der Waals surface area contributed by atoms with Gasteiger partial charge in [-0.2, -0.15) is 0 Å². The van der Waals surface area contributed by atoms with Crippen LogP contribution in [0.5, 0.6) is 5.75 Å². The predicted octanol–water partition coefficient (Wildman–Crippen LogP) is 1.87. The van der Waals surface area contributed by atoms with E-state index in [0.29, 0.717) is 25.5 Å². The zero-order valence-corrected chi connectivity index (χ0v) is 11.5. The number of anilines is 2. The lowest BCUT2D eigenvalue weighted by Gasteiger charge is -2.11. The molecule has 0 aromatic heterocycles. The number of nitrogen functional groups attached to an aromatic ring is 1. The highest BCUT2D eigenvalue weighted by Gasteiger charge is 2.01. The van der Waals surface area contributed by atoms with E-state index < -0.39 is 0 Å². The fraction of sp³-hybridized carbons (Fsp3) is 0.571. The minimum Gasteiger partial charge on any atom is -0.491 e. The van der Waals surface area contributed by atoms with Gasteiger partial charge in [0, 0.05) is 24.9 Å². The second kappa shape index (κ2) is 9.47.